The molecule has 1 aromatic carbocycles. The summed E-state index contributed by atoms with van der Waals surface area (Å²) >= 11 is 1.33. The Hall–Kier alpha value is -2.82. The first-order valence-electron chi connectivity index (χ1n) is 7.94. The molecule has 1 amide bonds. The van der Waals surface area contributed by atoms with Gasteiger partial charge in [0.1, 0.15) is 5.69 Å². The first-order valence-corrected chi connectivity index (χ1v) is 10.4. The number of pyridine rings is 1. The van der Waals surface area contributed by atoms with E-state index in [-0.39, 0.29) is 10.8 Å². The van der Waals surface area contributed by atoms with Gasteiger partial charge < -0.3 is 10.6 Å². The number of anilines is 2. The van der Waals surface area contributed by atoms with Crippen molar-refractivity contribution in [3.05, 3.63) is 65.4 Å². The summed E-state index contributed by atoms with van der Waals surface area (Å²) in [6.07, 6.45) is 3.90. The summed E-state index contributed by atoms with van der Waals surface area (Å²) in [6.45, 7) is 0.399. The lowest BCUT2D eigenvalue weighted by Crippen LogP contribution is -2.26. The minimum absolute atomic E-state index is 0.0615. The third kappa shape index (κ3) is 5.33. The average Bonchev–Trinajstić information content (AvgIpc) is 3.11. The maximum atomic E-state index is 12.2. The predicted molar refractivity (Wildman–Crippen MR) is 103 cm³/mol. The highest BCUT2D eigenvalue weighted by Gasteiger charge is 2.11. The minimum atomic E-state index is -3.70. The number of benzene rings is 1. The Morgan fingerprint density at radius 2 is 1.96 bits per heavy atom. The second-order valence-corrected chi connectivity index (χ2v) is 8.02. The van der Waals surface area contributed by atoms with E-state index in [4.69, 9.17) is 5.14 Å². The first-order chi connectivity index (χ1) is 12.9. The van der Waals surface area contributed by atoms with Crippen LogP contribution in [0.3, 0.4) is 0 Å². The lowest BCUT2D eigenvalue weighted by Gasteiger charge is -2.05. The summed E-state index contributed by atoms with van der Waals surface area (Å²) in [7, 11) is -3.70. The molecule has 0 radical (unpaired) electrons. The van der Waals surface area contributed by atoms with Gasteiger partial charge >= 0.3 is 0 Å². The van der Waals surface area contributed by atoms with Crippen molar-refractivity contribution in [2.45, 2.75) is 11.3 Å². The molecule has 10 heteroatoms. The number of carbonyl (C=O) groups is 1. The van der Waals surface area contributed by atoms with E-state index in [1.54, 1.807) is 36.0 Å². The van der Waals surface area contributed by atoms with Gasteiger partial charge in [0.25, 0.3) is 5.91 Å². The molecule has 0 spiro atoms. The number of hydrogen-bond donors (Lipinski definition) is 3. The molecule has 0 aliphatic carbocycles. The molecule has 0 unspecified atom stereocenters. The number of thiazole rings is 1. The van der Waals surface area contributed by atoms with Gasteiger partial charge in [-0.1, -0.05) is 12.1 Å². The van der Waals surface area contributed by atoms with Gasteiger partial charge in [0, 0.05) is 18.1 Å². The molecule has 4 N–H and O–H groups in total. The van der Waals surface area contributed by atoms with Crippen molar-refractivity contribution in [2.24, 2.45) is 5.14 Å². The van der Waals surface area contributed by atoms with E-state index in [9.17, 15) is 13.2 Å². The molecule has 27 heavy (non-hydrogen) atoms. The molecule has 0 saturated heterocycles. The maximum absolute atomic E-state index is 12.2. The number of amides is 1. The van der Waals surface area contributed by atoms with Gasteiger partial charge in [0.15, 0.2) is 5.13 Å². The SMILES string of the molecule is NS(=O)(=O)c1ccc(CCNC(=O)c2csc(Nc3cccnc3)n2)cc1. The quantitative estimate of drug-likeness (QED) is 0.553. The van der Waals surface area contributed by atoms with Gasteiger partial charge in [0.05, 0.1) is 16.8 Å². The van der Waals surface area contributed by atoms with Crippen molar-refractivity contribution >= 4 is 38.1 Å². The summed E-state index contributed by atoms with van der Waals surface area (Å²) in [4.78, 5) is 20.5. The van der Waals surface area contributed by atoms with Gasteiger partial charge in [-0.2, -0.15) is 0 Å². The maximum Gasteiger partial charge on any atom is 0.270 e. The Kier molecular flexibility index (Phi) is 5.79. The van der Waals surface area contributed by atoms with Crippen LogP contribution in [0.25, 0.3) is 0 Å². The molecule has 2 heterocycles. The fraction of sp³-hybridized carbons (Fsp3) is 0.118. The number of primary sulfonamides is 1. The summed E-state index contributed by atoms with van der Waals surface area (Å²) in [5.74, 6) is -0.272. The molecular formula is C17H17N5O3S2. The zero-order valence-electron chi connectivity index (χ0n) is 14.1. The number of rotatable bonds is 7. The number of carbonyl (C=O) groups excluding carboxylic acids is 1. The highest BCUT2D eigenvalue weighted by molar-refractivity contribution is 7.89. The van der Waals surface area contributed by atoms with Gasteiger partial charge in [-0.05, 0) is 36.2 Å². The van der Waals surface area contributed by atoms with Crippen LogP contribution in [0.4, 0.5) is 10.8 Å². The van der Waals surface area contributed by atoms with E-state index in [2.05, 4.69) is 20.6 Å². The molecule has 3 rings (SSSR count). The second-order valence-electron chi connectivity index (χ2n) is 5.60. The van der Waals surface area contributed by atoms with Crippen molar-refractivity contribution < 1.29 is 13.2 Å². The zero-order chi connectivity index (χ0) is 19.3. The van der Waals surface area contributed by atoms with Gasteiger partial charge in [-0.3, -0.25) is 9.78 Å². The van der Waals surface area contributed by atoms with Crippen LogP contribution in [0.1, 0.15) is 16.1 Å². The minimum Gasteiger partial charge on any atom is -0.350 e. The van der Waals surface area contributed by atoms with Crippen LogP contribution < -0.4 is 15.8 Å². The lowest BCUT2D eigenvalue weighted by atomic mass is 10.1. The molecule has 0 saturated carbocycles. The Labute approximate surface area is 160 Å². The van der Waals surface area contributed by atoms with Crippen molar-refractivity contribution in [1.29, 1.82) is 0 Å². The van der Waals surface area contributed by atoms with E-state index in [1.807, 2.05) is 6.07 Å². The van der Waals surface area contributed by atoms with Crippen LogP contribution in [-0.2, 0) is 16.4 Å². The number of aromatic nitrogens is 2. The molecule has 3 aromatic rings. The molecule has 8 nitrogen and oxygen atoms in total. The van der Waals surface area contributed by atoms with E-state index in [1.165, 1.54) is 23.5 Å². The Morgan fingerprint density at radius 3 is 2.63 bits per heavy atom. The molecule has 0 atom stereocenters. The van der Waals surface area contributed by atoms with Crippen LogP contribution in [-0.4, -0.2) is 30.8 Å². The smallest absolute Gasteiger partial charge is 0.270 e. The number of nitrogens with one attached hydrogen (secondary N) is 2. The monoisotopic (exact) mass is 403 g/mol. The van der Waals surface area contributed by atoms with E-state index < -0.39 is 10.0 Å². The topological polar surface area (TPSA) is 127 Å². The van der Waals surface area contributed by atoms with E-state index in [0.29, 0.717) is 23.8 Å². The third-order valence-electron chi connectivity index (χ3n) is 3.60. The standard InChI is InChI=1S/C17H17N5O3S2/c18-27(24,25)14-5-3-12(4-6-14)7-9-20-16(23)15-11-26-17(22-15)21-13-2-1-8-19-10-13/h1-6,8,10-11H,7,9H2,(H,20,23)(H,21,22)(H2,18,24,25). The van der Waals surface area contributed by atoms with Crippen molar-refractivity contribution in [3.8, 4) is 0 Å². The largest absolute Gasteiger partial charge is 0.350 e. The molecule has 0 bridgehead atoms. The number of sulfonamides is 1. The van der Waals surface area contributed by atoms with Crippen molar-refractivity contribution in [2.75, 3.05) is 11.9 Å². The molecule has 2 aromatic heterocycles. The fourth-order valence-corrected chi connectivity index (χ4v) is 3.48. The molecule has 0 aliphatic rings. The summed E-state index contributed by atoms with van der Waals surface area (Å²) in [6, 6.07) is 9.90. The normalized spacial score (nSPS) is 11.1. The average molecular weight is 403 g/mol. The Bertz CT molecular complexity index is 1020. The van der Waals surface area contributed by atoms with Crippen LogP contribution in [0.15, 0.2) is 59.1 Å². The number of nitrogens with two attached hydrogens (primary N) is 1. The zero-order valence-corrected chi connectivity index (χ0v) is 15.8. The number of nitrogens with zero attached hydrogens (tertiary/aromatic N) is 2. The molecule has 0 fully saturated rings. The first kappa shape index (κ1) is 19.0. The predicted octanol–water partition coefficient (Wildman–Crippen LogP) is 1.90. The third-order valence-corrected chi connectivity index (χ3v) is 5.29. The van der Waals surface area contributed by atoms with Crippen LogP contribution in [0, 0.1) is 0 Å². The second kappa shape index (κ2) is 8.25. The van der Waals surface area contributed by atoms with E-state index in [0.717, 1.165) is 11.3 Å². The molecule has 0 aliphatic heterocycles. The molecule has 140 valence electrons. The summed E-state index contributed by atoms with van der Waals surface area (Å²) in [5.41, 5.74) is 2.01. The fourth-order valence-electron chi connectivity index (χ4n) is 2.25. The van der Waals surface area contributed by atoms with Crippen molar-refractivity contribution in [1.82, 2.24) is 15.3 Å². The molecular weight excluding hydrogens is 386 g/mol. The Balaban J connectivity index is 1.51. The lowest BCUT2D eigenvalue weighted by molar-refractivity contribution is 0.0950. The van der Waals surface area contributed by atoms with Crippen LogP contribution in [0.2, 0.25) is 0 Å². The van der Waals surface area contributed by atoms with E-state index >= 15 is 0 Å². The highest BCUT2D eigenvalue weighted by Crippen LogP contribution is 2.20. The highest BCUT2D eigenvalue weighted by atomic mass is 32.2. The van der Waals surface area contributed by atoms with Crippen LogP contribution in [0.5, 0.6) is 0 Å². The van der Waals surface area contributed by atoms with Gasteiger partial charge in [0.2, 0.25) is 10.0 Å². The summed E-state index contributed by atoms with van der Waals surface area (Å²) < 4.78 is 22.5. The van der Waals surface area contributed by atoms with Crippen LogP contribution >= 0.6 is 11.3 Å². The van der Waals surface area contributed by atoms with Gasteiger partial charge in [-0.15, -0.1) is 11.3 Å². The van der Waals surface area contributed by atoms with Gasteiger partial charge in [-0.25, -0.2) is 18.5 Å². The van der Waals surface area contributed by atoms with Crippen molar-refractivity contribution in [3.63, 3.8) is 0 Å². The Morgan fingerprint density at radius 1 is 1.19 bits per heavy atom. The number of hydrogen-bond acceptors (Lipinski definition) is 7. The summed E-state index contributed by atoms with van der Waals surface area (Å²) in [5, 5.41) is 13.2.